The molecule has 2 aromatic carbocycles. The maximum Gasteiger partial charge on any atom is 0.198 e. The van der Waals surface area contributed by atoms with E-state index in [1.54, 1.807) is 13.4 Å². The maximum absolute atomic E-state index is 5.25. The molecular formula is C23H29IN6O. The van der Waals surface area contributed by atoms with Gasteiger partial charge in [-0.3, -0.25) is 0 Å². The molecule has 0 saturated carbocycles. The molecule has 0 radical (unpaired) electrons. The molecule has 2 heterocycles. The molecule has 7 nitrogen and oxygen atoms in total. The van der Waals surface area contributed by atoms with Crippen LogP contribution in [-0.2, 0) is 25.9 Å². The zero-order chi connectivity index (χ0) is 20.8. The van der Waals surface area contributed by atoms with Crippen LogP contribution in [0.5, 0.6) is 5.75 Å². The number of para-hydroxylation sites is 1. The number of nitrogens with one attached hydrogen (secondary N) is 1. The number of fused-ring (bicyclic) bond motifs is 1. The molecule has 3 aromatic rings. The number of rotatable bonds is 7. The molecule has 1 N–H and O–H groups in total. The number of hydrogen-bond acceptors (Lipinski definition) is 4. The van der Waals surface area contributed by atoms with E-state index in [1.807, 2.05) is 12.1 Å². The van der Waals surface area contributed by atoms with E-state index in [0.29, 0.717) is 6.54 Å². The van der Waals surface area contributed by atoms with Crippen molar-refractivity contribution in [3.05, 3.63) is 71.8 Å². The molecule has 1 aliphatic rings. The molecule has 0 amide bonds. The minimum atomic E-state index is 0. The van der Waals surface area contributed by atoms with E-state index in [9.17, 15) is 0 Å². The molecule has 0 bridgehead atoms. The first-order valence-electron chi connectivity index (χ1n) is 10.4. The summed E-state index contributed by atoms with van der Waals surface area (Å²) in [5.41, 5.74) is 3.75. The third kappa shape index (κ3) is 5.55. The van der Waals surface area contributed by atoms with Crippen molar-refractivity contribution in [2.45, 2.75) is 32.9 Å². The SMILES string of the molecule is CCc1nncn1CCNC(=NCc1ccc(OC)cc1)N1CCc2ccccc21.I. The predicted molar refractivity (Wildman–Crippen MR) is 134 cm³/mol. The number of halogens is 1. The molecule has 0 atom stereocenters. The van der Waals surface area contributed by atoms with E-state index in [4.69, 9.17) is 9.73 Å². The Bertz CT molecular complexity index is 1000. The Morgan fingerprint density at radius 3 is 2.74 bits per heavy atom. The summed E-state index contributed by atoms with van der Waals surface area (Å²) in [6.07, 6.45) is 3.70. The van der Waals surface area contributed by atoms with Gasteiger partial charge in [0.15, 0.2) is 5.96 Å². The average molecular weight is 532 g/mol. The highest BCUT2D eigenvalue weighted by Crippen LogP contribution is 2.27. The first-order valence-corrected chi connectivity index (χ1v) is 10.4. The first-order chi connectivity index (χ1) is 14.8. The third-order valence-corrected chi connectivity index (χ3v) is 5.36. The highest BCUT2D eigenvalue weighted by Gasteiger charge is 2.22. The predicted octanol–water partition coefficient (Wildman–Crippen LogP) is 3.68. The van der Waals surface area contributed by atoms with Crippen LogP contribution in [0.15, 0.2) is 59.9 Å². The highest BCUT2D eigenvalue weighted by atomic mass is 127. The van der Waals surface area contributed by atoms with Crippen molar-refractivity contribution in [1.29, 1.82) is 0 Å². The molecule has 8 heteroatoms. The number of benzene rings is 2. The van der Waals surface area contributed by atoms with E-state index in [2.05, 4.69) is 68.3 Å². The number of aryl methyl sites for hydroxylation is 1. The fourth-order valence-corrected chi connectivity index (χ4v) is 3.72. The molecule has 4 rings (SSSR count). The van der Waals surface area contributed by atoms with Crippen LogP contribution in [0.4, 0.5) is 5.69 Å². The Balaban J connectivity index is 0.00000272. The first kappa shape index (κ1) is 23.1. The summed E-state index contributed by atoms with van der Waals surface area (Å²) in [6, 6.07) is 16.6. The number of hydrogen-bond donors (Lipinski definition) is 1. The van der Waals surface area contributed by atoms with Crippen LogP contribution in [-0.4, -0.2) is 40.9 Å². The van der Waals surface area contributed by atoms with Crippen LogP contribution in [0.1, 0.15) is 23.9 Å². The van der Waals surface area contributed by atoms with Gasteiger partial charge in [-0.25, -0.2) is 4.99 Å². The van der Waals surface area contributed by atoms with Crippen molar-refractivity contribution in [3.8, 4) is 5.75 Å². The molecule has 0 unspecified atom stereocenters. The van der Waals surface area contributed by atoms with E-state index < -0.39 is 0 Å². The van der Waals surface area contributed by atoms with Gasteiger partial charge in [0.2, 0.25) is 0 Å². The van der Waals surface area contributed by atoms with Crippen molar-refractivity contribution < 1.29 is 4.74 Å². The zero-order valence-electron chi connectivity index (χ0n) is 18.0. The van der Waals surface area contributed by atoms with Crippen LogP contribution < -0.4 is 15.0 Å². The second kappa shape index (κ2) is 11.1. The Morgan fingerprint density at radius 1 is 1.16 bits per heavy atom. The fourth-order valence-electron chi connectivity index (χ4n) is 3.72. The van der Waals surface area contributed by atoms with Gasteiger partial charge in [-0.1, -0.05) is 37.3 Å². The number of aromatic nitrogens is 3. The summed E-state index contributed by atoms with van der Waals surface area (Å²) in [4.78, 5) is 7.23. The molecule has 31 heavy (non-hydrogen) atoms. The molecule has 0 aliphatic carbocycles. The van der Waals surface area contributed by atoms with Crippen LogP contribution in [0, 0.1) is 0 Å². The average Bonchev–Trinajstić information content (AvgIpc) is 3.43. The van der Waals surface area contributed by atoms with Gasteiger partial charge in [-0.15, -0.1) is 34.2 Å². The quantitative estimate of drug-likeness (QED) is 0.286. The van der Waals surface area contributed by atoms with Gasteiger partial charge in [-0.05, 0) is 35.7 Å². The summed E-state index contributed by atoms with van der Waals surface area (Å²) in [7, 11) is 1.68. The van der Waals surface area contributed by atoms with Crippen LogP contribution in [0.3, 0.4) is 0 Å². The number of ether oxygens (including phenoxy) is 1. The fraction of sp³-hybridized carbons (Fsp3) is 0.348. The topological polar surface area (TPSA) is 67.6 Å². The summed E-state index contributed by atoms with van der Waals surface area (Å²) in [6.45, 7) is 5.19. The Labute approximate surface area is 200 Å². The lowest BCUT2D eigenvalue weighted by Crippen LogP contribution is -2.42. The second-order valence-corrected chi connectivity index (χ2v) is 7.24. The van der Waals surface area contributed by atoms with Crippen molar-refractivity contribution in [2.24, 2.45) is 4.99 Å². The number of anilines is 1. The molecule has 164 valence electrons. The van der Waals surface area contributed by atoms with E-state index in [1.165, 1.54) is 11.3 Å². The number of nitrogens with zero attached hydrogens (tertiary/aromatic N) is 5. The van der Waals surface area contributed by atoms with Gasteiger partial charge in [0.1, 0.15) is 17.9 Å². The minimum absolute atomic E-state index is 0. The highest BCUT2D eigenvalue weighted by molar-refractivity contribution is 14.0. The zero-order valence-corrected chi connectivity index (χ0v) is 20.3. The van der Waals surface area contributed by atoms with Crippen LogP contribution >= 0.6 is 24.0 Å². The standard InChI is InChI=1S/C23H28N6O.HI/c1-3-22-27-26-17-28(22)15-13-24-23(25-16-18-8-10-20(30-2)11-9-18)29-14-12-19-6-4-5-7-21(19)29;/h4-11,17H,3,12-16H2,1-2H3,(H,24,25);1H. The lowest BCUT2D eigenvalue weighted by atomic mass is 10.2. The minimum Gasteiger partial charge on any atom is -0.497 e. The second-order valence-electron chi connectivity index (χ2n) is 7.24. The summed E-state index contributed by atoms with van der Waals surface area (Å²) in [5, 5.41) is 11.7. The molecule has 0 fully saturated rings. The number of guanidine groups is 1. The molecule has 1 aliphatic heterocycles. The van der Waals surface area contributed by atoms with Crippen molar-refractivity contribution in [2.75, 3.05) is 25.1 Å². The summed E-state index contributed by atoms with van der Waals surface area (Å²) in [5.74, 6) is 2.76. The molecule has 0 saturated heterocycles. The lowest BCUT2D eigenvalue weighted by molar-refractivity contribution is 0.414. The van der Waals surface area contributed by atoms with Gasteiger partial charge >= 0.3 is 0 Å². The Kier molecular flexibility index (Phi) is 8.27. The Hall–Kier alpha value is -2.62. The van der Waals surface area contributed by atoms with Gasteiger partial charge < -0.3 is 19.5 Å². The smallest absolute Gasteiger partial charge is 0.198 e. The monoisotopic (exact) mass is 532 g/mol. The normalized spacial score (nSPS) is 13.0. The lowest BCUT2D eigenvalue weighted by Gasteiger charge is -2.23. The molecular weight excluding hydrogens is 503 g/mol. The third-order valence-electron chi connectivity index (χ3n) is 5.36. The Morgan fingerprint density at radius 2 is 1.97 bits per heavy atom. The number of aliphatic imine (C=N–C) groups is 1. The van der Waals surface area contributed by atoms with Gasteiger partial charge in [0, 0.05) is 31.7 Å². The van der Waals surface area contributed by atoms with E-state index >= 15 is 0 Å². The van der Waals surface area contributed by atoms with Gasteiger partial charge in [0.25, 0.3) is 0 Å². The van der Waals surface area contributed by atoms with Crippen molar-refractivity contribution in [3.63, 3.8) is 0 Å². The van der Waals surface area contributed by atoms with Crippen LogP contribution in [0.2, 0.25) is 0 Å². The van der Waals surface area contributed by atoms with Crippen molar-refractivity contribution in [1.82, 2.24) is 20.1 Å². The van der Waals surface area contributed by atoms with Crippen LogP contribution in [0.25, 0.3) is 0 Å². The number of methoxy groups -OCH3 is 1. The summed E-state index contributed by atoms with van der Waals surface area (Å²) < 4.78 is 7.34. The summed E-state index contributed by atoms with van der Waals surface area (Å²) >= 11 is 0. The maximum atomic E-state index is 5.25. The van der Waals surface area contributed by atoms with Gasteiger partial charge in [0.05, 0.1) is 13.7 Å². The van der Waals surface area contributed by atoms with E-state index in [-0.39, 0.29) is 24.0 Å². The largest absolute Gasteiger partial charge is 0.497 e. The van der Waals surface area contributed by atoms with E-state index in [0.717, 1.165) is 55.6 Å². The molecule has 1 aromatic heterocycles. The van der Waals surface area contributed by atoms with Gasteiger partial charge in [-0.2, -0.15) is 0 Å². The molecule has 0 spiro atoms. The van der Waals surface area contributed by atoms with Crippen molar-refractivity contribution >= 4 is 35.6 Å².